The first-order valence-electron chi connectivity index (χ1n) is 8.33. The number of aryl methyl sites for hydroxylation is 1. The number of anilines is 1. The van der Waals surface area contributed by atoms with Crippen LogP contribution in [0.25, 0.3) is 5.69 Å². The number of sulfonamides is 1. The Bertz CT molecular complexity index is 1090. The number of halogens is 1. The Morgan fingerprint density at radius 1 is 1.00 bits per heavy atom. The second-order valence-corrected chi connectivity index (χ2v) is 7.71. The molecule has 0 saturated carbocycles. The van der Waals surface area contributed by atoms with E-state index in [2.05, 4.69) is 9.82 Å². The molecule has 9 heteroatoms. The third-order valence-electron chi connectivity index (χ3n) is 4.17. The predicted octanol–water partition coefficient (Wildman–Crippen LogP) is 3.45. The molecule has 0 radical (unpaired) electrons. The molecule has 0 spiro atoms. The topological polar surface area (TPSA) is 82.5 Å². The molecular weight excluding hydrogens is 385 g/mol. The van der Waals surface area contributed by atoms with Gasteiger partial charge < -0.3 is 9.47 Å². The van der Waals surface area contributed by atoms with E-state index < -0.39 is 10.0 Å². The fourth-order valence-electron chi connectivity index (χ4n) is 2.92. The van der Waals surface area contributed by atoms with Gasteiger partial charge in [0, 0.05) is 18.2 Å². The highest BCUT2D eigenvalue weighted by molar-refractivity contribution is 7.92. The monoisotopic (exact) mass is 405 g/mol. The Labute approximate surface area is 162 Å². The summed E-state index contributed by atoms with van der Waals surface area (Å²) >= 11 is 0. The molecule has 3 aromatic rings. The van der Waals surface area contributed by atoms with Crippen LogP contribution in [0.4, 0.5) is 10.1 Å². The van der Waals surface area contributed by atoms with Crippen LogP contribution in [0.15, 0.2) is 47.4 Å². The first kappa shape index (κ1) is 19.7. The summed E-state index contributed by atoms with van der Waals surface area (Å²) in [5.41, 5.74) is 1.59. The minimum Gasteiger partial charge on any atom is -0.497 e. The SMILES string of the molecule is COc1cc(NS(=O)(=O)c2c(C)nn(-c3ccc(F)cc3)c2C)cc(OC)c1. The molecule has 0 aliphatic heterocycles. The average Bonchev–Trinajstić information content (AvgIpc) is 2.96. The van der Waals surface area contributed by atoms with Crippen LogP contribution in [0, 0.1) is 19.7 Å². The molecule has 2 aromatic carbocycles. The van der Waals surface area contributed by atoms with Gasteiger partial charge in [0.1, 0.15) is 22.2 Å². The van der Waals surface area contributed by atoms with Crippen molar-refractivity contribution in [2.75, 3.05) is 18.9 Å². The zero-order valence-corrected chi connectivity index (χ0v) is 16.7. The number of nitrogens with zero attached hydrogens (tertiary/aromatic N) is 2. The molecule has 1 aromatic heterocycles. The molecule has 0 fully saturated rings. The van der Waals surface area contributed by atoms with Gasteiger partial charge in [-0.1, -0.05) is 0 Å². The van der Waals surface area contributed by atoms with Crippen LogP contribution in [-0.2, 0) is 10.0 Å². The van der Waals surface area contributed by atoms with Crippen molar-refractivity contribution in [2.24, 2.45) is 0 Å². The Morgan fingerprint density at radius 3 is 2.11 bits per heavy atom. The van der Waals surface area contributed by atoms with Crippen LogP contribution in [-0.4, -0.2) is 32.4 Å². The summed E-state index contributed by atoms with van der Waals surface area (Å²) in [5, 5.41) is 4.31. The van der Waals surface area contributed by atoms with Crippen molar-refractivity contribution >= 4 is 15.7 Å². The van der Waals surface area contributed by atoms with Crippen molar-refractivity contribution in [1.29, 1.82) is 0 Å². The first-order chi connectivity index (χ1) is 13.2. The van der Waals surface area contributed by atoms with Gasteiger partial charge in [0.05, 0.1) is 37.0 Å². The van der Waals surface area contributed by atoms with E-state index in [0.29, 0.717) is 34.3 Å². The smallest absolute Gasteiger partial charge is 0.265 e. The molecule has 148 valence electrons. The number of nitrogens with one attached hydrogen (secondary N) is 1. The molecule has 1 N–H and O–H groups in total. The van der Waals surface area contributed by atoms with Gasteiger partial charge in [0.15, 0.2) is 0 Å². The first-order valence-corrected chi connectivity index (χ1v) is 9.81. The minimum absolute atomic E-state index is 0.0543. The van der Waals surface area contributed by atoms with Gasteiger partial charge in [-0.05, 0) is 38.1 Å². The highest BCUT2D eigenvalue weighted by Gasteiger charge is 2.25. The predicted molar refractivity (Wildman–Crippen MR) is 103 cm³/mol. The average molecular weight is 405 g/mol. The van der Waals surface area contributed by atoms with Gasteiger partial charge in [-0.15, -0.1) is 0 Å². The van der Waals surface area contributed by atoms with Crippen molar-refractivity contribution in [1.82, 2.24) is 9.78 Å². The summed E-state index contributed by atoms with van der Waals surface area (Å²) in [6.07, 6.45) is 0. The third kappa shape index (κ3) is 3.79. The van der Waals surface area contributed by atoms with E-state index in [9.17, 15) is 12.8 Å². The van der Waals surface area contributed by atoms with E-state index in [1.165, 1.54) is 43.2 Å². The summed E-state index contributed by atoms with van der Waals surface area (Å²) in [6.45, 7) is 3.25. The normalized spacial score (nSPS) is 11.3. The fraction of sp³-hybridized carbons (Fsp3) is 0.211. The standard InChI is InChI=1S/C19H20FN3O4S/c1-12-19(13(2)23(21-12)16-7-5-14(20)6-8-16)28(24,25)22-15-9-17(26-3)11-18(10-15)27-4/h5-11,22H,1-4H3. The van der Waals surface area contributed by atoms with Crippen molar-refractivity contribution in [3.63, 3.8) is 0 Å². The van der Waals surface area contributed by atoms with E-state index in [-0.39, 0.29) is 10.7 Å². The van der Waals surface area contributed by atoms with Gasteiger partial charge in [0.25, 0.3) is 10.0 Å². The van der Waals surface area contributed by atoms with E-state index in [4.69, 9.17) is 9.47 Å². The van der Waals surface area contributed by atoms with Crippen molar-refractivity contribution in [3.8, 4) is 17.2 Å². The number of hydrogen-bond donors (Lipinski definition) is 1. The number of benzene rings is 2. The van der Waals surface area contributed by atoms with Crippen LogP contribution in [0.2, 0.25) is 0 Å². The Balaban J connectivity index is 2.02. The molecule has 0 amide bonds. The third-order valence-corrected chi connectivity index (χ3v) is 5.80. The Kier molecular flexibility index (Phi) is 5.28. The van der Waals surface area contributed by atoms with E-state index in [1.807, 2.05) is 0 Å². The van der Waals surface area contributed by atoms with Crippen molar-refractivity contribution < 1.29 is 22.3 Å². The maximum absolute atomic E-state index is 13.2. The largest absolute Gasteiger partial charge is 0.497 e. The van der Waals surface area contributed by atoms with Crippen molar-refractivity contribution in [2.45, 2.75) is 18.7 Å². The zero-order chi connectivity index (χ0) is 20.5. The summed E-state index contributed by atoms with van der Waals surface area (Å²) in [6, 6.07) is 10.4. The van der Waals surface area contributed by atoms with E-state index >= 15 is 0 Å². The molecule has 0 unspecified atom stereocenters. The molecule has 3 rings (SSSR count). The molecule has 0 aliphatic carbocycles. The van der Waals surface area contributed by atoms with Gasteiger partial charge in [-0.25, -0.2) is 17.5 Å². The molecule has 28 heavy (non-hydrogen) atoms. The lowest BCUT2D eigenvalue weighted by molar-refractivity contribution is 0.395. The molecule has 0 saturated heterocycles. The summed E-state index contributed by atoms with van der Waals surface area (Å²) in [7, 11) is -0.978. The number of ether oxygens (including phenoxy) is 2. The fourth-order valence-corrected chi connectivity index (χ4v) is 4.36. The molecule has 0 bridgehead atoms. The van der Waals surface area contributed by atoms with Crippen LogP contribution < -0.4 is 14.2 Å². The maximum atomic E-state index is 13.2. The highest BCUT2D eigenvalue weighted by atomic mass is 32.2. The maximum Gasteiger partial charge on any atom is 0.265 e. The van der Waals surface area contributed by atoms with Gasteiger partial charge in [-0.3, -0.25) is 4.72 Å². The minimum atomic E-state index is -3.94. The summed E-state index contributed by atoms with van der Waals surface area (Å²) in [4.78, 5) is 0.0543. The number of aromatic nitrogens is 2. The van der Waals surface area contributed by atoms with E-state index in [1.54, 1.807) is 32.0 Å². The van der Waals surface area contributed by atoms with Crippen LogP contribution >= 0.6 is 0 Å². The zero-order valence-electron chi connectivity index (χ0n) is 15.9. The molecule has 0 aliphatic rings. The lowest BCUT2D eigenvalue weighted by Crippen LogP contribution is -2.15. The van der Waals surface area contributed by atoms with Gasteiger partial charge in [0.2, 0.25) is 0 Å². The second kappa shape index (κ2) is 7.51. The quantitative estimate of drug-likeness (QED) is 0.679. The van der Waals surface area contributed by atoms with Crippen LogP contribution in [0.1, 0.15) is 11.4 Å². The second-order valence-electron chi connectivity index (χ2n) is 6.10. The van der Waals surface area contributed by atoms with E-state index in [0.717, 1.165) is 0 Å². The molecule has 7 nitrogen and oxygen atoms in total. The molecule has 0 atom stereocenters. The number of rotatable bonds is 6. The van der Waals surface area contributed by atoms with Crippen molar-refractivity contribution in [3.05, 3.63) is 59.7 Å². The molecular formula is C19H20FN3O4S. The lowest BCUT2D eigenvalue weighted by Gasteiger charge is -2.12. The number of hydrogen-bond acceptors (Lipinski definition) is 5. The van der Waals surface area contributed by atoms with Crippen LogP contribution in [0.5, 0.6) is 11.5 Å². The summed E-state index contributed by atoms with van der Waals surface area (Å²) < 4.78 is 53.6. The summed E-state index contributed by atoms with van der Waals surface area (Å²) in [5.74, 6) is 0.520. The Morgan fingerprint density at radius 2 is 1.57 bits per heavy atom. The number of methoxy groups -OCH3 is 2. The van der Waals surface area contributed by atoms with Gasteiger partial charge in [-0.2, -0.15) is 5.10 Å². The van der Waals surface area contributed by atoms with Crippen LogP contribution in [0.3, 0.4) is 0 Å². The highest BCUT2D eigenvalue weighted by Crippen LogP contribution is 2.29. The Hall–Kier alpha value is -3.07. The molecule has 1 heterocycles. The van der Waals surface area contributed by atoms with Gasteiger partial charge >= 0.3 is 0 Å². The lowest BCUT2D eigenvalue weighted by atomic mass is 10.3.